The minimum atomic E-state index is -1.82. The van der Waals surface area contributed by atoms with Gasteiger partial charge in [-0.1, -0.05) is 60.7 Å². The number of carboxylic acid groups (broad SMARTS) is 1. The molecule has 0 radical (unpaired) electrons. The van der Waals surface area contributed by atoms with Crippen molar-refractivity contribution < 1.29 is 14.3 Å². The Hall–Kier alpha value is -2.16. The number of hydrogen-bond donors (Lipinski definition) is 1. The Labute approximate surface area is 110 Å². The van der Waals surface area contributed by atoms with Crippen LogP contribution in [-0.2, 0) is 15.9 Å². The highest BCUT2D eigenvalue weighted by molar-refractivity contribution is 5.89. The maximum Gasteiger partial charge on any atom is 0.317 e. The van der Waals surface area contributed by atoms with Gasteiger partial charge in [-0.05, 0) is 11.1 Å². The first-order valence-electron chi connectivity index (χ1n) is 6.15. The SMILES string of the molecule is O=C(O)C1(c2ccccc2)CC1(F)c1ccccc1. The number of aliphatic carboxylic acids is 1. The number of hydrogen-bond acceptors (Lipinski definition) is 1. The van der Waals surface area contributed by atoms with E-state index in [0.29, 0.717) is 11.1 Å². The second kappa shape index (κ2) is 3.92. The summed E-state index contributed by atoms with van der Waals surface area (Å²) in [4.78, 5) is 11.6. The van der Waals surface area contributed by atoms with Crippen LogP contribution in [0, 0.1) is 0 Å². The van der Waals surface area contributed by atoms with Crippen molar-refractivity contribution in [1.82, 2.24) is 0 Å². The highest BCUT2D eigenvalue weighted by Crippen LogP contribution is 2.66. The van der Waals surface area contributed by atoms with E-state index in [2.05, 4.69) is 0 Å². The summed E-state index contributed by atoms with van der Waals surface area (Å²) in [6.07, 6.45) is -0.0106. The van der Waals surface area contributed by atoms with Crippen LogP contribution in [0.4, 0.5) is 4.39 Å². The van der Waals surface area contributed by atoms with Crippen LogP contribution in [0.2, 0.25) is 0 Å². The molecule has 2 aromatic carbocycles. The molecule has 2 unspecified atom stereocenters. The van der Waals surface area contributed by atoms with Gasteiger partial charge in [0, 0.05) is 6.42 Å². The third-order valence-electron chi connectivity index (χ3n) is 3.92. The van der Waals surface area contributed by atoms with E-state index < -0.39 is 17.1 Å². The third kappa shape index (κ3) is 1.51. The molecule has 0 heterocycles. The molecule has 19 heavy (non-hydrogen) atoms. The van der Waals surface area contributed by atoms with Gasteiger partial charge in [0.25, 0.3) is 0 Å². The summed E-state index contributed by atoms with van der Waals surface area (Å²) in [5.74, 6) is -1.11. The van der Waals surface area contributed by atoms with Gasteiger partial charge < -0.3 is 5.11 Å². The first kappa shape index (κ1) is 11.9. The second-order valence-electron chi connectivity index (χ2n) is 4.92. The molecule has 0 aliphatic heterocycles. The molecular weight excluding hydrogens is 243 g/mol. The molecular formula is C16H13FO2. The van der Waals surface area contributed by atoms with Crippen molar-refractivity contribution in [2.24, 2.45) is 0 Å². The van der Waals surface area contributed by atoms with E-state index in [1.807, 2.05) is 0 Å². The average Bonchev–Trinajstić information content (AvgIpc) is 3.10. The lowest BCUT2D eigenvalue weighted by atomic mass is 9.89. The van der Waals surface area contributed by atoms with Crippen molar-refractivity contribution in [2.75, 3.05) is 0 Å². The number of alkyl halides is 1. The molecule has 0 amide bonds. The lowest BCUT2D eigenvalue weighted by Gasteiger charge is -2.17. The Morgan fingerprint density at radius 1 is 0.947 bits per heavy atom. The summed E-state index contributed by atoms with van der Waals surface area (Å²) < 4.78 is 15.1. The van der Waals surface area contributed by atoms with Gasteiger partial charge in [0.05, 0.1) is 0 Å². The van der Waals surface area contributed by atoms with E-state index in [9.17, 15) is 9.90 Å². The van der Waals surface area contributed by atoms with E-state index in [4.69, 9.17) is 0 Å². The molecule has 1 N–H and O–H groups in total. The highest BCUT2D eigenvalue weighted by atomic mass is 19.1. The second-order valence-corrected chi connectivity index (χ2v) is 4.92. The van der Waals surface area contributed by atoms with Crippen molar-refractivity contribution in [2.45, 2.75) is 17.5 Å². The fraction of sp³-hybridized carbons (Fsp3) is 0.188. The summed E-state index contributed by atoms with van der Waals surface area (Å²) in [6, 6.07) is 17.2. The minimum absolute atomic E-state index is 0.0106. The van der Waals surface area contributed by atoms with Gasteiger partial charge in [0.15, 0.2) is 5.67 Å². The first-order chi connectivity index (χ1) is 9.11. The predicted molar refractivity (Wildman–Crippen MR) is 69.6 cm³/mol. The van der Waals surface area contributed by atoms with Crippen LogP contribution in [0.3, 0.4) is 0 Å². The number of carboxylic acids is 1. The molecule has 1 saturated carbocycles. The molecule has 2 aromatic rings. The highest BCUT2D eigenvalue weighted by Gasteiger charge is 2.75. The summed E-state index contributed by atoms with van der Waals surface area (Å²) in [5, 5.41) is 9.51. The Bertz CT molecular complexity index is 611. The minimum Gasteiger partial charge on any atom is -0.480 e. The van der Waals surface area contributed by atoms with E-state index in [0.717, 1.165) is 0 Å². The van der Waals surface area contributed by atoms with Crippen molar-refractivity contribution in [1.29, 1.82) is 0 Å². The van der Waals surface area contributed by atoms with Crippen LogP contribution in [0.1, 0.15) is 17.5 Å². The van der Waals surface area contributed by atoms with Crippen LogP contribution in [0.15, 0.2) is 60.7 Å². The Morgan fingerprint density at radius 3 is 1.89 bits per heavy atom. The number of halogens is 1. The molecule has 3 heteroatoms. The van der Waals surface area contributed by atoms with E-state index in [1.54, 1.807) is 60.7 Å². The third-order valence-corrected chi connectivity index (χ3v) is 3.92. The Balaban J connectivity index is 2.11. The molecule has 2 nitrogen and oxygen atoms in total. The zero-order valence-electron chi connectivity index (χ0n) is 10.2. The topological polar surface area (TPSA) is 37.3 Å². The molecule has 3 rings (SSSR count). The summed E-state index contributed by atoms with van der Waals surface area (Å²) >= 11 is 0. The van der Waals surface area contributed by atoms with Crippen molar-refractivity contribution in [3.63, 3.8) is 0 Å². The van der Waals surface area contributed by atoms with Crippen molar-refractivity contribution in [3.8, 4) is 0 Å². The lowest BCUT2D eigenvalue weighted by molar-refractivity contribution is -0.141. The van der Waals surface area contributed by atoms with Crippen LogP contribution < -0.4 is 0 Å². The normalized spacial score (nSPS) is 28.9. The van der Waals surface area contributed by atoms with Crippen molar-refractivity contribution in [3.05, 3.63) is 71.8 Å². The van der Waals surface area contributed by atoms with Gasteiger partial charge in [-0.15, -0.1) is 0 Å². The maximum atomic E-state index is 15.1. The van der Waals surface area contributed by atoms with Crippen molar-refractivity contribution >= 4 is 5.97 Å². The lowest BCUT2D eigenvalue weighted by Crippen LogP contribution is -2.28. The average molecular weight is 256 g/mol. The van der Waals surface area contributed by atoms with E-state index in [-0.39, 0.29) is 6.42 Å². The van der Waals surface area contributed by atoms with E-state index >= 15 is 4.39 Å². The number of benzene rings is 2. The first-order valence-corrected chi connectivity index (χ1v) is 6.15. The fourth-order valence-electron chi connectivity index (χ4n) is 2.79. The van der Waals surface area contributed by atoms with Gasteiger partial charge in [0.2, 0.25) is 0 Å². The Kier molecular flexibility index (Phi) is 2.45. The standard InChI is InChI=1S/C16H13FO2/c17-16(13-9-5-2-6-10-13)11-15(16,14(18)19)12-7-3-1-4-8-12/h1-10H,11H2,(H,18,19). The molecule has 1 aliphatic rings. The number of carbonyl (C=O) groups is 1. The smallest absolute Gasteiger partial charge is 0.317 e. The van der Waals surface area contributed by atoms with Gasteiger partial charge in [0.1, 0.15) is 5.41 Å². The fourth-order valence-corrected chi connectivity index (χ4v) is 2.79. The number of rotatable bonds is 3. The summed E-state index contributed by atoms with van der Waals surface area (Å²) in [7, 11) is 0. The molecule has 2 atom stereocenters. The predicted octanol–water partition coefficient (Wildman–Crippen LogP) is 3.28. The van der Waals surface area contributed by atoms with Crippen LogP contribution in [0.5, 0.6) is 0 Å². The van der Waals surface area contributed by atoms with Gasteiger partial charge >= 0.3 is 5.97 Å². The zero-order chi connectivity index (χ0) is 13.5. The molecule has 0 aromatic heterocycles. The summed E-state index contributed by atoms with van der Waals surface area (Å²) in [6.45, 7) is 0. The van der Waals surface area contributed by atoms with Gasteiger partial charge in [-0.25, -0.2) is 4.39 Å². The molecule has 1 aliphatic carbocycles. The van der Waals surface area contributed by atoms with Crippen LogP contribution in [-0.4, -0.2) is 11.1 Å². The molecule has 0 saturated heterocycles. The quantitative estimate of drug-likeness (QED) is 0.915. The van der Waals surface area contributed by atoms with Crippen LogP contribution >= 0.6 is 0 Å². The molecule has 0 spiro atoms. The molecule has 1 fully saturated rings. The van der Waals surface area contributed by atoms with Crippen LogP contribution in [0.25, 0.3) is 0 Å². The molecule has 0 bridgehead atoms. The van der Waals surface area contributed by atoms with Gasteiger partial charge in [-0.3, -0.25) is 4.79 Å². The largest absolute Gasteiger partial charge is 0.480 e. The van der Waals surface area contributed by atoms with Gasteiger partial charge in [-0.2, -0.15) is 0 Å². The zero-order valence-corrected chi connectivity index (χ0v) is 10.2. The molecule has 96 valence electrons. The Morgan fingerprint density at radius 2 is 1.42 bits per heavy atom. The monoisotopic (exact) mass is 256 g/mol. The summed E-state index contributed by atoms with van der Waals surface area (Å²) in [5.41, 5.74) is -2.31. The maximum absolute atomic E-state index is 15.1. The van der Waals surface area contributed by atoms with E-state index in [1.165, 1.54) is 0 Å².